The highest BCUT2D eigenvalue weighted by molar-refractivity contribution is 5.05. The lowest BCUT2D eigenvalue weighted by Crippen LogP contribution is -2.43. The van der Waals surface area contributed by atoms with Crippen molar-refractivity contribution in [2.75, 3.05) is 20.1 Å². The Morgan fingerprint density at radius 1 is 1.16 bits per heavy atom. The van der Waals surface area contributed by atoms with Gasteiger partial charge in [0.25, 0.3) is 0 Å². The van der Waals surface area contributed by atoms with Gasteiger partial charge in [0.2, 0.25) is 0 Å². The minimum absolute atomic E-state index is 0.723. The van der Waals surface area contributed by atoms with Crippen LogP contribution in [0.4, 0.5) is 0 Å². The van der Waals surface area contributed by atoms with Gasteiger partial charge in [-0.3, -0.25) is 0 Å². The Kier molecular flexibility index (Phi) is 4.19. The summed E-state index contributed by atoms with van der Waals surface area (Å²) in [5, 5.41) is 3.89. The van der Waals surface area contributed by atoms with E-state index in [0.717, 1.165) is 35.8 Å². The van der Waals surface area contributed by atoms with E-state index in [-0.39, 0.29) is 0 Å². The third-order valence-corrected chi connectivity index (χ3v) is 6.64. The molecule has 0 aromatic heterocycles. The molecule has 2 heteroatoms. The number of hydrogen-bond acceptors (Lipinski definition) is 2. The molecule has 0 amide bonds. The molecule has 0 saturated heterocycles. The van der Waals surface area contributed by atoms with E-state index in [2.05, 4.69) is 31.1 Å². The van der Waals surface area contributed by atoms with Crippen molar-refractivity contribution in [1.82, 2.24) is 10.2 Å². The van der Waals surface area contributed by atoms with E-state index in [4.69, 9.17) is 0 Å². The van der Waals surface area contributed by atoms with E-state index >= 15 is 0 Å². The predicted molar refractivity (Wildman–Crippen MR) is 81.2 cm³/mol. The average molecular weight is 264 g/mol. The number of nitrogens with one attached hydrogen (secondary N) is 1. The third kappa shape index (κ3) is 2.58. The molecule has 3 aliphatic rings. The number of fused-ring (bicyclic) bond motifs is 5. The minimum Gasteiger partial charge on any atom is -0.312 e. The summed E-state index contributed by atoms with van der Waals surface area (Å²) in [6, 6.07) is 1.58. The zero-order valence-corrected chi connectivity index (χ0v) is 13.1. The van der Waals surface area contributed by atoms with Gasteiger partial charge in [-0.25, -0.2) is 0 Å². The van der Waals surface area contributed by atoms with Gasteiger partial charge in [0, 0.05) is 25.2 Å². The lowest BCUT2D eigenvalue weighted by molar-refractivity contribution is 0.196. The molecule has 0 aromatic carbocycles. The van der Waals surface area contributed by atoms with Crippen LogP contribution >= 0.6 is 0 Å². The van der Waals surface area contributed by atoms with Crippen LogP contribution in [0, 0.1) is 23.7 Å². The van der Waals surface area contributed by atoms with E-state index in [1.54, 1.807) is 12.8 Å². The van der Waals surface area contributed by atoms with Crippen LogP contribution in [-0.4, -0.2) is 37.1 Å². The highest BCUT2D eigenvalue weighted by atomic mass is 15.1. The summed E-state index contributed by atoms with van der Waals surface area (Å²) in [7, 11) is 2.27. The van der Waals surface area contributed by atoms with Crippen molar-refractivity contribution < 1.29 is 0 Å². The number of nitrogens with zero attached hydrogens (tertiary/aromatic N) is 1. The summed E-state index contributed by atoms with van der Waals surface area (Å²) >= 11 is 0. The normalized spacial score (nSPS) is 42.0. The number of likely N-dealkylation sites (N-methyl/N-ethyl adjacent to an activating group) is 1. The molecule has 0 spiro atoms. The topological polar surface area (TPSA) is 15.3 Å². The van der Waals surface area contributed by atoms with Crippen LogP contribution in [-0.2, 0) is 0 Å². The molecule has 2 bridgehead atoms. The van der Waals surface area contributed by atoms with Gasteiger partial charge in [-0.05, 0) is 69.7 Å². The molecule has 0 heterocycles. The van der Waals surface area contributed by atoms with Crippen molar-refractivity contribution in [2.24, 2.45) is 23.7 Å². The van der Waals surface area contributed by atoms with Crippen LogP contribution in [0.3, 0.4) is 0 Å². The molecule has 110 valence electrons. The van der Waals surface area contributed by atoms with Crippen LogP contribution in [0.1, 0.15) is 52.4 Å². The lowest BCUT2D eigenvalue weighted by Gasteiger charge is -2.33. The summed E-state index contributed by atoms with van der Waals surface area (Å²) in [6.45, 7) is 7.01. The Morgan fingerprint density at radius 3 is 2.74 bits per heavy atom. The Morgan fingerprint density at radius 2 is 1.95 bits per heavy atom. The zero-order valence-electron chi connectivity index (χ0n) is 13.1. The SMILES string of the molecule is CCC(C)N(C)CCNC1CC2CC1C1CCCC21. The van der Waals surface area contributed by atoms with Crippen LogP contribution < -0.4 is 5.32 Å². The van der Waals surface area contributed by atoms with Crippen LogP contribution in [0.2, 0.25) is 0 Å². The molecule has 3 saturated carbocycles. The molecule has 0 aromatic rings. The van der Waals surface area contributed by atoms with Gasteiger partial charge in [0.05, 0.1) is 0 Å². The third-order valence-electron chi connectivity index (χ3n) is 6.64. The van der Waals surface area contributed by atoms with Crippen molar-refractivity contribution in [2.45, 2.75) is 64.5 Å². The van der Waals surface area contributed by atoms with Crippen LogP contribution in [0.5, 0.6) is 0 Å². The molecule has 6 atom stereocenters. The standard InChI is InChI=1S/C17H32N2/c1-4-12(2)19(3)9-8-18-17-11-13-10-16(17)15-7-5-6-14(13)15/h12-18H,4-11H2,1-3H3. The van der Waals surface area contributed by atoms with E-state index in [9.17, 15) is 0 Å². The van der Waals surface area contributed by atoms with Gasteiger partial charge < -0.3 is 10.2 Å². The smallest absolute Gasteiger partial charge is 0.0107 e. The summed E-state index contributed by atoms with van der Waals surface area (Å²) in [6.07, 6.45) is 8.90. The fraction of sp³-hybridized carbons (Fsp3) is 1.00. The molecule has 3 aliphatic carbocycles. The fourth-order valence-electron chi connectivity index (χ4n) is 5.26. The first-order chi connectivity index (χ1) is 9.20. The summed E-state index contributed by atoms with van der Waals surface area (Å²) in [5.41, 5.74) is 0. The highest BCUT2D eigenvalue weighted by Crippen LogP contribution is 2.58. The quantitative estimate of drug-likeness (QED) is 0.793. The van der Waals surface area contributed by atoms with E-state index in [0.29, 0.717) is 0 Å². The first-order valence-electron chi connectivity index (χ1n) is 8.64. The van der Waals surface area contributed by atoms with Crippen molar-refractivity contribution >= 4 is 0 Å². The van der Waals surface area contributed by atoms with Gasteiger partial charge in [0.15, 0.2) is 0 Å². The first kappa shape index (κ1) is 13.9. The second-order valence-electron chi connectivity index (χ2n) is 7.45. The lowest BCUT2D eigenvalue weighted by atomic mass is 9.79. The molecule has 6 unspecified atom stereocenters. The van der Waals surface area contributed by atoms with Crippen molar-refractivity contribution in [3.05, 3.63) is 0 Å². The molecular formula is C17H32N2. The van der Waals surface area contributed by atoms with Gasteiger partial charge in [-0.15, -0.1) is 0 Å². The Labute approximate surface area is 119 Å². The molecule has 19 heavy (non-hydrogen) atoms. The largest absolute Gasteiger partial charge is 0.312 e. The molecular weight excluding hydrogens is 232 g/mol. The van der Waals surface area contributed by atoms with Gasteiger partial charge in [0.1, 0.15) is 0 Å². The van der Waals surface area contributed by atoms with Crippen LogP contribution in [0.25, 0.3) is 0 Å². The van der Waals surface area contributed by atoms with Gasteiger partial charge in [-0.2, -0.15) is 0 Å². The molecule has 3 fully saturated rings. The Balaban J connectivity index is 1.43. The van der Waals surface area contributed by atoms with Crippen LogP contribution in [0.15, 0.2) is 0 Å². The Hall–Kier alpha value is -0.0800. The molecule has 0 radical (unpaired) electrons. The van der Waals surface area contributed by atoms with Crippen molar-refractivity contribution in [3.8, 4) is 0 Å². The summed E-state index contributed by atoms with van der Waals surface area (Å²) < 4.78 is 0. The van der Waals surface area contributed by atoms with Gasteiger partial charge >= 0.3 is 0 Å². The summed E-state index contributed by atoms with van der Waals surface area (Å²) in [5.74, 6) is 4.35. The molecule has 1 N–H and O–H groups in total. The average Bonchev–Trinajstić information content (AvgIpc) is 3.09. The number of rotatable bonds is 6. The molecule has 0 aliphatic heterocycles. The number of hydrogen-bond donors (Lipinski definition) is 1. The molecule has 2 nitrogen and oxygen atoms in total. The highest BCUT2D eigenvalue weighted by Gasteiger charge is 2.53. The molecule has 3 rings (SSSR count). The summed E-state index contributed by atoms with van der Waals surface area (Å²) in [4.78, 5) is 2.50. The minimum atomic E-state index is 0.723. The second kappa shape index (κ2) is 5.73. The van der Waals surface area contributed by atoms with Crippen molar-refractivity contribution in [1.29, 1.82) is 0 Å². The Bertz CT molecular complexity index is 304. The second-order valence-corrected chi connectivity index (χ2v) is 7.45. The maximum Gasteiger partial charge on any atom is 0.0107 e. The predicted octanol–water partition coefficient (Wildman–Crippen LogP) is 3.13. The monoisotopic (exact) mass is 264 g/mol. The van der Waals surface area contributed by atoms with E-state index in [1.807, 2.05) is 0 Å². The maximum atomic E-state index is 3.89. The van der Waals surface area contributed by atoms with Gasteiger partial charge in [-0.1, -0.05) is 13.3 Å². The fourth-order valence-corrected chi connectivity index (χ4v) is 5.26. The first-order valence-corrected chi connectivity index (χ1v) is 8.64. The van der Waals surface area contributed by atoms with E-state index < -0.39 is 0 Å². The van der Waals surface area contributed by atoms with E-state index in [1.165, 1.54) is 38.8 Å². The zero-order chi connectivity index (χ0) is 13.4. The maximum absolute atomic E-state index is 3.89. The van der Waals surface area contributed by atoms with Crippen molar-refractivity contribution in [3.63, 3.8) is 0 Å².